The first kappa shape index (κ1) is 10.3. The summed E-state index contributed by atoms with van der Waals surface area (Å²) in [6, 6.07) is 0.736. The molecule has 0 aromatic carbocycles. The lowest BCUT2D eigenvalue weighted by molar-refractivity contribution is 0.641. The zero-order valence-electron chi connectivity index (χ0n) is 8.95. The van der Waals surface area contributed by atoms with E-state index in [0.717, 1.165) is 12.5 Å². The summed E-state index contributed by atoms with van der Waals surface area (Å²) in [5.41, 5.74) is 1.35. The zero-order valence-corrected chi connectivity index (χ0v) is 8.95. The number of nitrogens with zero attached hydrogens (tertiary/aromatic N) is 2. The van der Waals surface area contributed by atoms with E-state index >= 15 is 0 Å². The van der Waals surface area contributed by atoms with Crippen LogP contribution in [0.4, 0.5) is 0 Å². The van der Waals surface area contributed by atoms with Gasteiger partial charge in [-0.1, -0.05) is 27.2 Å². The molecule has 0 radical (unpaired) electrons. The van der Waals surface area contributed by atoms with Crippen molar-refractivity contribution in [2.24, 2.45) is 0 Å². The summed E-state index contributed by atoms with van der Waals surface area (Å²) >= 11 is 0. The Balaban J connectivity index is 0.000000251. The minimum atomic E-state index is 0.736. The molecule has 0 saturated heterocycles. The molecule has 1 fully saturated rings. The van der Waals surface area contributed by atoms with Gasteiger partial charge in [-0.3, -0.25) is 4.68 Å². The molecule has 0 bridgehead atoms. The van der Waals surface area contributed by atoms with Crippen molar-refractivity contribution < 1.29 is 0 Å². The number of aromatic nitrogens is 2. The van der Waals surface area contributed by atoms with E-state index in [1.54, 1.807) is 0 Å². The topological polar surface area (TPSA) is 17.8 Å². The maximum atomic E-state index is 4.27. The van der Waals surface area contributed by atoms with E-state index in [-0.39, 0.29) is 0 Å². The molecule has 0 spiro atoms. The Labute approximate surface area is 81.0 Å². The van der Waals surface area contributed by atoms with Crippen LogP contribution in [0, 0.1) is 0 Å². The maximum absolute atomic E-state index is 4.27. The first-order chi connectivity index (χ1) is 6.31. The summed E-state index contributed by atoms with van der Waals surface area (Å²) in [6.45, 7) is 6.41. The Bertz CT molecular complexity index is 236. The van der Waals surface area contributed by atoms with Crippen molar-refractivity contribution >= 4 is 0 Å². The lowest BCUT2D eigenvalue weighted by Gasteiger charge is -1.92. The number of aryl methyl sites for hydroxylation is 1. The van der Waals surface area contributed by atoms with Gasteiger partial charge < -0.3 is 0 Å². The lowest BCUT2D eigenvalue weighted by atomic mass is 10.3. The zero-order chi connectivity index (χ0) is 9.68. The van der Waals surface area contributed by atoms with E-state index in [1.165, 1.54) is 24.8 Å². The Morgan fingerprint density at radius 3 is 2.38 bits per heavy atom. The fourth-order valence-corrected chi connectivity index (χ4v) is 1.10. The molecule has 2 heteroatoms. The Morgan fingerprint density at radius 1 is 1.38 bits per heavy atom. The average molecular weight is 180 g/mol. The third-order valence-corrected chi connectivity index (χ3v) is 1.98. The number of rotatable bonds is 2. The van der Waals surface area contributed by atoms with Crippen molar-refractivity contribution in [3.05, 3.63) is 18.0 Å². The van der Waals surface area contributed by atoms with Crippen LogP contribution in [-0.4, -0.2) is 9.78 Å². The third-order valence-electron chi connectivity index (χ3n) is 1.98. The molecule has 74 valence electrons. The second-order valence-electron chi connectivity index (χ2n) is 3.62. The van der Waals surface area contributed by atoms with Gasteiger partial charge in [-0.2, -0.15) is 5.10 Å². The Kier molecular flexibility index (Phi) is 4.00. The highest BCUT2D eigenvalue weighted by atomic mass is 15.3. The predicted molar refractivity (Wildman–Crippen MR) is 55.8 cm³/mol. The van der Waals surface area contributed by atoms with Gasteiger partial charge in [0, 0.05) is 6.20 Å². The van der Waals surface area contributed by atoms with Gasteiger partial charge in [0.2, 0.25) is 0 Å². The van der Waals surface area contributed by atoms with Gasteiger partial charge in [0.15, 0.2) is 0 Å². The molecule has 0 aliphatic heterocycles. The van der Waals surface area contributed by atoms with Gasteiger partial charge in [-0.25, -0.2) is 0 Å². The van der Waals surface area contributed by atoms with Crippen molar-refractivity contribution in [2.45, 2.75) is 52.5 Å². The summed E-state index contributed by atoms with van der Waals surface area (Å²) in [6.07, 6.45) is 9.14. The lowest BCUT2D eigenvalue weighted by Crippen LogP contribution is -1.91. The first-order valence-electron chi connectivity index (χ1n) is 5.34. The van der Waals surface area contributed by atoms with Gasteiger partial charge in [0.05, 0.1) is 12.2 Å². The molecule has 0 amide bonds. The first-order valence-corrected chi connectivity index (χ1v) is 5.34. The SMILES string of the molecule is CCC.CCc1cnn(C2CC2)c1. The van der Waals surface area contributed by atoms with Gasteiger partial charge in [-0.05, 0) is 24.8 Å². The summed E-state index contributed by atoms with van der Waals surface area (Å²) in [7, 11) is 0. The molecule has 1 aliphatic carbocycles. The van der Waals surface area contributed by atoms with Crippen LogP contribution >= 0.6 is 0 Å². The molecule has 0 N–H and O–H groups in total. The van der Waals surface area contributed by atoms with Crippen LogP contribution in [0.1, 0.15) is 51.6 Å². The summed E-state index contributed by atoms with van der Waals surface area (Å²) in [4.78, 5) is 0. The quantitative estimate of drug-likeness (QED) is 0.683. The molecule has 1 aliphatic rings. The molecule has 1 aromatic heterocycles. The second kappa shape index (κ2) is 5.05. The largest absolute Gasteiger partial charge is 0.269 e. The highest BCUT2D eigenvalue weighted by Gasteiger charge is 2.23. The van der Waals surface area contributed by atoms with Crippen molar-refractivity contribution in [2.75, 3.05) is 0 Å². The van der Waals surface area contributed by atoms with Crippen LogP contribution in [0.3, 0.4) is 0 Å². The van der Waals surface area contributed by atoms with Crippen molar-refractivity contribution in [3.8, 4) is 0 Å². The van der Waals surface area contributed by atoms with Crippen LogP contribution in [0.5, 0.6) is 0 Å². The summed E-state index contributed by atoms with van der Waals surface area (Å²) < 4.78 is 2.10. The van der Waals surface area contributed by atoms with Gasteiger partial charge in [0.25, 0.3) is 0 Å². The summed E-state index contributed by atoms with van der Waals surface area (Å²) in [5, 5.41) is 4.27. The van der Waals surface area contributed by atoms with E-state index in [9.17, 15) is 0 Å². The minimum Gasteiger partial charge on any atom is -0.269 e. The molecule has 13 heavy (non-hydrogen) atoms. The molecular formula is C11H20N2. The summed E-state index contributed by atoms with van der Waals surface area (Å²) in [5.74, 6) is 0. The minimum absolute atomic E-state index is 0.736. The second-order valence-corrected chi connectivity index (χ2v) is 3.62. The molecule has 2 rings (SSSR count). The van der Waals surface area contributed by atoms with Crippen molar-refractivity contribution in [1.29, 1.82) is 0 Å². The highest BCUT2D eigenvalue weighted by Crippen LogP contribution is 2.33. The van der Waals surface area contributed by atoms with Crippen LogP contribution < -0.4 is 0 Å². The maximum Gasteiger partial charge on any atom is 0.0521 e. The highest BCUT2D eigenvalue weighted by molar-refractivity contribution is 5.04. The molecule has 2 nitrogen and oxygen atoms in total. The van der Waals surface area contributed by atoms with Gasteiger partial charge in [0.1, 0.15) is 0 Å². The van der Waals surface area contributed by atoms with Crippen LogP contribution in [0.2, 0.25) is 0 Å². The molecule has 1 aromatic rings. The normalized spacial score (nSPS) is 15.0. The van der Waals surface area contributed by atoms with Crippen molar-refractivity contribution in [1.82, 2.24) is 9.78 Å². The molecular weight excluding hydrogens is 160 g/mol. The van der Waals surface area contributed by atoms with Crippen LogP contribution in [0.25, 0.3) is 0 Å². The molecule has 1 heterocycles. The van der Waals surface area contributed by atoms with Crippen LogP contribution in [-0.2, 0) is 6.42 Å². The molecule has 0 atom stereocenters. The fourth-order valence-electron chi connectivity index (χ4n) is 1.10. The molecule has 0 unspecified atom stereocenters. The standard InChI is InChI=1S/C8H12N2.C3H8/c1-2-7-5-9-10(6-7)8-3-4-8;1-3-2/h5-6,8H,2-4H2,1H3;3H2,1-2H3. The third kappa shape index (κ3) is 3.21. The smallest absolute Gasteiger partial charge is 0.0521 e. The van der Waals surface area contributed by atoms with Crippen LogP contribution in [0.15, 0.2) is 12.4 Å². The number of hydrogen-bond acceptors (Lipinski definition) is 1. The van der Waals surface area contributed by atoms with E-state index in [1.807, 2.05) is 6.20 Å². The van der Waals surface area contributed by atoms with E-state index in [0.29, 0.717) is 0 Å². The average Bonchev–Trinajstić information content (AvgIpc) is 2.86. The van der Waals surface area contributed by atoms with E-state index in [2.05, 4.69) is 36.7 Å². The predicted octanol–water partition coefficient (Wildman–Crippen LogP) is 3.20. The van der Waals surface area contributed by atoms with Gasteiger partial charge in [-0.15, -0.1) is 0 Å². The van der Waals surface area contributed by atoms with Crippen molar-refractivity contribution in [3.63, 3.8) is 0 Å². The van der Waals surface area contributed by atoms with Gasteiger partial charge >= 0.3 is 0 Å². The van der Waals surface area contributed by atoms with E-state index in [4.69, 9.17) is 0 Å². The number of hydrogen-bond donors (Lipinski definition) is 0. The van der Waals surface area contributed by atoms with E-state index < -0.39 is 0 Å². The Hall–Kier alpha value is -0.790. The molecule has 1 saturated carbocycles. The fraction of sp³-hybridized carbons (Fsp3) is 0.727. The Morgan fingerprint density at radius 2 is 2.00 bits per heavy atom. The monoisotopic (exact) mass is 180 g/mol.